The van der Waals surface area contributed by atoms with Crippen molar-refractivity contribution in [2.75, 3.05) is 27.4 Å². The van der Waals surface area contributed by atoms with Crippen LogP contribution in [0.1, 0.15) is 28.9 Å². The molecule has 6 heteroatoms. The van der Waals surface area contributed by atoms with Gasteiger partial charge in [-0.1, -0.05) is 18.2 Å². The fourth-order valence-electron chi connectivity index (χ4n) is 2.60. The van der Waals surface area contributed by atoms with E-state index < -0.39 is 0 Å². The molecule has 2 rings (SSSR count). The molecule has 0 bridgehead atoms. The largest absolute Gasteiger partial charge is 0.493 e. The molecule has 0 fully saturated rings. The van der Waals surface area contributed by atoms with Gasteiger partial charge in [-0.05, 0) is 37.6 Å². The Kier molecular flexibility index (Phi) is 8.58. The van der Waals surface area contributed by atoms with Gasteiger partial charge in [0.25, 0.3) is 0 Å². The minimum absolute atomic E-state index is 0.621. The molecule has 1 heterocycles. The van der Waals surface area contributed by atoms with Gasteiger partial charge in [-0.25, -0.2) is 0 Å². The van der Waals surface area contributed by atoms with Crippen LogP contribution >= 0.6 is 0 Å². The van der Waals surface area contributed by atoms with Crippen LogP contribution in [0.4, 0.5) is 0 Å². The number of hydrogen-bond donors (Lipinski definition) is 2. The maximum atomic E-state index is 5.94. The number of rotatable bonds is 9. The molecule has 0 atom stereocenters. The number of aliphatic imine (C=N–C) groups is 1. The number of hydrogen-bond acceptors (Lipinski definition) is 4. The van der Waals surface area contributed by atoms with Gasteiger partial charge in [0.05, 0.1) is 18.8 Å². The minimum atomic E-state index is 0.621. The van der Waals surface area contributed by atoms with Gasteiger partial charge in [0.2, 0.25) is 0 Å². The number of guanidine groups is 1. The zero-order valence-electron chi connectivity index (χ0n) is 16.7. The van der Waals surface area contributed by atoms with Crippen molar-refractivity contribution in [3.05, 3.63) is 58.9 Å². The van der Waals surface area contributed by atoms with Crippen molar-refractivity contribution in [1.29, 1.82) is 0 Å². The van der Waals surface area contributed by atoms with Crippen molar-refractivity contribution in [1.82, 2.24) is 15.6 Å². The monoisotopic (exact) mass is 370 g/mol. The summed E-state index contributed by atoms with van der Waals surface area (Å²) in [6, 6.07) is 12.2. The SMILES string of the molecule is CN=C(NCc1cccc(C)n1)NCc1ccc(C)cc1OCCCOC. The molecule has 6 nitrogen and oxygen atoms in total. The van der Waals surface area contributed by atoms with E-state index in [1.807, 2.05) is 25.1 Å². The third-order valence-corrected chi connectivity index (χ3v) is 4.03. The van der Waals surface area contributed by atoms with Gasteiger partial charge in [0.1, 0.15) is 5.75 Å². The molecule has 0 unspecified atom stereocenters. The van der Waals surface area contributed by atoms with E-state index in [0.717, 1.165) is 35.1 Å². The molecule has 0 saturated carbocycles. The minimum Gasteiger partial charge on any atom is -0.493 e. The smallest absolute Gasteiger partial charge is 0.191 e. The Bertz CT molecular complexity index is 747. The summed E-state index contributed by atoms with van der Waals surface area (Å²) in [5.41, 5.74) is 4.26. The Morgan fingerprint density at radius 1 is 1.07 bits per heavy atom. The van der Waals surface area contributed by atoms with E-state index in [0.29, 0.717) is 26.3 Å². The first kappa shape index (κ1) is 20.7. The highest BCUT2D eigenvalue weighted by Gasteiger charge is 2.06. The summed E-state index contributed by atoms with van der Waals surface area (Å²) in [5.74, 6) is 1.62. The molecule has 0 aliphatic rings. The average molecular weight is 370 g/mol. The highest BCUT2D eigenvalue weighted by Crippen LogP contribution is 2.20. The molecule has 2 N–H and O–H groups in total. The highest BCUT2D eigenvalue weighted by molar-refractivity contribution is 5.79. The summed E-state index contributed by atoms with van der Waals surface area (Å²) in [6.07, 6.45) is 0.865. The van der Waals surface area contributed by atoms with Gasteiger partial charge in [-0.3, -0.25) is 9.98 Å². The van der Waals surface area contributed by atoms with Crippen LogP contribution in [0.3, 0.4) is 0 Å². The van der Waals surface area contributed by atoms with Crippen molar-refractivity contribution < 1.29 is 9.47 Å². The number of aromatic nitrogens is 1. The van der Waals surface area contributed by atoms with Crippen molar-refractivity contribution >= 4 is 5.96 Å². The van der Waals surface area contributed by atoms with E-state index in [1.54, 1.807) is 14.2 Å². The molecule has 0 radical (unpaired) electrons. The van der Waals surface area contributed by atoms with E-state index in [2.05, 4.69) is 45.7 Å². The molecule has 0 aliphatic carbocycles. The molecular weight excluding hydrogens is 340 g/mol. The number of benzene rings is 1. The molecule has 1 aromatic carbocycles. The van der Waals surface area contributed by atoms with Crippen LogP contribution in [-0.2, 0) is 17.8 Å². The van der Waals surface area contributed by atoms with E-state index in [1.165, 1.54) is 5.56 Å². The zero-order chi connectivity index (χ0) is 19.5. The third kappa shape index (κ3) is 7.27. The third-order valence-electron chi connectivity index (χ3n) is 4.03. The summed E-state index contributed by atoms with van der Waals surface area (Å²) in [5, 5.41) is 6.63. The summed E-state index contributed by atoms with van der Waals surface area (Å²) in [7, 11) is 3.46. The van der Waals surface area contributed by atoms with E-state index in [9.17, 15) is 0 Å². The van der Waals surface area contributed by atoms with Gasteiger partial charge in [-0.15, -0.1) is 0 Å². The van der Waals surface area contributed by atoms with Crippen LogP contribution in [0.15, 0.2) is 41.4 Å². The lowest BCUT2D eigenvalue weighted by Crippen LogP contribution is -2.36. The molecule has 1 aromatic heterocycles. The molecule has 0 amide bonds. The molecule has 0 saturated heterocycles. The molecule has 0 aliphatic heterocycles. The summed E-state index contributed by atoms with van der Waals surface area (Å²) in [6.45, 7) is 6.63. The van der Waals surface area contributed by atoms with Crippen molar-refractivity contribution in [2.45, 2.75) is 33.4 Å². The average Bonchev–Trinajstić information content (AvgIpc) is 2.66. The van der Waals surface area contributed by atoms with Gasteiger partial charge in [0, 0.05) is 45.0 Å². The molecular formula is C21H30N4O2. The van der Waals surface area contributed by atoms with E-state index in [4.69, 9.17) is 9.47 Å². The molecule has 27 heavy (non-hydrogen) atoms. The van der Waals surface area contributed by atoms with Crippen LogP contribution in [-0.4, -0.2) is 38.3 Å². The first-order chi connectivity index (χ1) is 13.1. The Hall–Kier alpha value is -2.60. The van der Waals surface area contributed by atoms with Crippen molar-refractivity contribution in [3.63, 3.8) is 0 Å². The molecule has 146 valence electrons. The van der Waals surface area contributed by atoms with Gasteiger partial charge < -0.3 is 20.1 Å². The van der Waals surface area contributed by atoms with Crippen LogP contribution < -0.4 is 15.4 Å². The first-order valence-corrected chi connectivity index (χ1v) is 9.20. The van der Waals surface area contributed by atoms with Gasteiger partial charge >= 0.3 is 0 Å². The fourth-order valence-corrected chi connectivity index (χ4v) is 2.60. The number of nitrogens with zero attached hydrogens (tertiary/aromatic N) is 2. The van der Waals surface area contributed by atoms with E-state index in [-0.39, 0.29) is 0 Å². The van der Waals surface area contributed by atoms with Crippen molar-refractivity contribution in [3.8, 4) is 5.75 Å². The number of methoxy groups -OCH3 is 1. The molecule has 2 aromatic rings. The summed E-state index contributed by atoms with van der Waals surface area (Å²) in [4.78, 5) is 8.78. The summed E-state index contributed by atoms with van der Waals surface area (Å²) < 4.78 is 11.0. The maximum Gasteiger partial charge on any atom is 0.191 e. The van der Waals surface area contributed by atoms with Gasteiger partial charge in [0.15, 0.2) is 5.96 Å². The predicted molar refractivity (Wildman–Crippen MR) is 109 cm³/mol. The van der Waals surface area contributed by atoms with E-state index >= 15 is 0 Å². The number of aryl methyl sites for hydroxylation is 2. The highest BCUT2D eigenvalue weighted by atomic mass is 16.5. The number of nitrogens with one attached hydrogen (secondary N) is 2. The lowest BCUT2D eigenvalue weighted by Gasteiger charge is -2.15. The van der Waals surface area contributed by atoms with Crippen LogP contribution in [0.5, 0.6) is 5.75 Å². The second kappa shape index (κ2) is 11.2. The topological polar surface area (TPSA) is 67.8 Å². The van der Waals surface area contributed by atoms with Crippen LogP contribution in [0.25, 0.3) is 0 Å². The maximum absolute atomic E-state index is 5.94. The van der Waals surface area contributed by atoms with Crippen LogP contribution in [0.2, 0.25) is 0 Å². The summed E-state index contributed by atoms with van der Waals surface area (Å²) >= 11 is 0. The Labute approximate surface area is 162 Å². The molecule has 0 spiro atoms. The number of ether oxygens (including phenoxy) is 2. The number of pyridine rings is 1. The fraction of sp³-hybridized carbons (Fsp3) is 0.429. The lowest BCUT2D eigenvalue weighted by atomic mass is 10.1. The Morgan fingerprint density at radius 2 is 1.89 bits per heavy atom. The second-order valence-electron chi connectivity index (χ2n) is 6.36. The van der Waals surface area contributed by atoms with Crippen molar-refractivity contribution in [2.24, 2.45) is 4.99 Å². The Balaban J connectivity index is 1.91. The first-order valence-electron chi connectivity index (χ1n) is 9.20. The quantitative estimate of drug-likeness (QED) is 0.403. The lowest BCUT2D eigenvalue weighted by molar-refractivity contribution is 0.171. The van der Waals surface area contributed by atoms with Crippen LogP contribution in [0, 0.1) is 13.8 Å². The van der Waals surface area contributed by atoms with Gasteiger partial charge in [-0.2, -0.15) is 0 Å². The second-order valence-corrected chi connectivity index (χ2v) is 6.36. The zero-order valence-corrected chi connectivity index (χ0v) is 16.7. The predicted octanol–water partition coefficient (Wildman–Crippen LogP) is 2.98. The normalized spacial score (nSPS) is 11.3. The Morgan fingerprint density at radius 3 is 2.63 bits per heavy atom. The standard InChI is InChI=1S/C21H30N4O2/c1-16-9-10-18(20(13-16)27-12-6-11-26-4)14-23-21(22-3)24-15-19-8-5-7-17(2)25-19/h5,7-10,13H,6,11-12,14-15H2,1-4H3,(H2,22,23,24).